The summed E-state index contributed by atoms with van der Waals surface area (Å²) in [5.41, 5.74) is 1.20. The van der Waals surface area contributed by atoms with Gasteiger partial charge < -0.3 is 4.90 Å². The Balaban J connectivity index is 1.79. The average molecular weight is 498 g/mol. The van der Waals surface area contributed by atoms with Gasteiger partial charge in [0.15, 0.2) is 11.2 Å². The van der Waals surface area contributed by atoms with E-state index >= 15 is 0 Å². The van der Waals surface area contributed by atoms with Crippen LogP contribution in [0.25, 0.3) is 6.08 Å². The highest BCUT2D eigenvalue weighted by molar-refractivity contribution is 9.10. The molecule has 0 aromatic heterocycles. The van der Waals surface area contributed by atoms with Gasteiger partial charge in [0.25, 0.3) is 0 Å². The van der Waals surface area contributed by atoms with Crippen LogP contribution in [0, 0.1) is 33.9 Å². The summed E-state index contributed by atoms with van der Waals surface area (Å²) in [6.07, 6.45) is 3.73. The molecule has 0 saturated carbocycles. The number of carbonyl (C=O) groups excluding carboxylic acids is 1. The van der Waals surface area contributed by atoms with E-state index in [1.165, 1.54) is 12.1 Å². The van der Waals surface area contributed by atoms with Crippen LogP contribution >= 0.6 is 15.9 Å². The van der Waals surface area contributed by atoms with E-state index in [1.54, 1.807) is 30.3 Å². The van der Waals surface area contributed by atoms with E-state index in [2.05, 4.69) is 28.1 Å². The van der Waals surface area contributed by atoms with Crippen LogP contribution in [0.5, 0.6) is 0 Å². The maximum atomic E-state index is 14.1. The third kappa shape index (κ3) is 3.18. The molecule has 0 aliphatic carbocycles. The predicted octanol–water partition coefficient (Wildman–Crippen LogP) is 5.87. The topological polar surface area (TPSA) is 67.9 Å². The molecule has 0 amide bonds. The number of Topliss-reactive ketones (excluding diaryl/α,β-unsaturated/α-hetero) is 1. The standard InChI is InChI=1S/C27H17BrFN3O/c28-20-6-3-5-19(14-20)26(33)25-24(18-8-11-21(29)12-9-18)27(15-30,16-31)23-13-10-17-4-1-2-7-22(17)32(23)25/h1-14,23-25H. The van der Waals surface area contributed by atoms with Crippen LogP contribution in [0.15, 0.2) is 83.3 Å². The molecule has 3 aromatic carbocycles. The van der Waals surface area contributed by atoms with Crippen molar-refractivity contribution in [3.05, 3.63) is 106 Å². The fourth-order valence-corrected chi connectivity index (χ4v) is 5.49. The number of para-hydroxylation sites is 1. The Hall–Kier alpha value is -3.74. The lowest BCUT2D eigenvalue weighted by Gasteiger charge is -2.35. The quantitative estimate of drug-likeness (QED) is 0.424. The maximum absolute atomic E-state index is 14.1. The molecule has 5 rings (SSSR count). The molecule has 0 N–H and O–H groups in total. The monoisotopic (exact) mass is 497 g/mol. The Morgan fingerprint density at radius 1 is 1.00 bits per heavy atom. The van der Waals surface area contributed by atoms with Crippen LogP contribution in [-0.4, -0.2) is 17.9 Å². The molecule has 160 valence electrons. The summed E-state index contributed by atoms with van der Waals surface area (Å²) in [5, 5.41) is 20.8. The van der Waals surface area contributed by atoms with Gasteiger partial charge in [-0.2, -0.15) is 10.5 Å². The first-order valence-electron chi connectivity index (χ1n) is 10.4. The lowest BCUT2D eigenvalue weighted by molar-refractivity contribution is 0.0951. The number of anilines is 1. The minimum Gasteiger partial charge on any atom is -0.351 e. The molecule has 2 heterocycles. The van der Waals surface area contributed by atoms with E-state index in [1.807, 2.05) is 47.4 Å². The van der Waals surface area contributed by atoms with Crippen molar-refractivity contribution >= 4 is 33.5 Å². The van der Waals surface area contributed by atoms with Gasteiger partial charge in [-0.3, -0.25) is 4.79 Å². The summed E-state index contributed by atoms with van der Waals surface area (Å²) in [6, 6.07) is 23.5. The molecule has 0 radical (unpaired) electrons. The Morgan fingerprint density at radius 2 is 1.73 bits per heavy atom. The fourth-order valence-electron chi connectivity index (χ4n) is 5.09. The van der Waals surface area contributed by atoms with Crippen LogP contribution in [-0.2, 0) is 0 Å². The largest absolute Gasteiger partial charge is 0.351 e. The van der Waals surface area contributed by atoms with Crippen molar-refractivity contribution in [1.82, 2.24) is 0 Å². The molecule has 0 bridgehead atoms. The molecule has 2 aliphatic rings. The van der Waals surface area contributed by atoms with E-state index in [-0.39, 0.29) is 5.78 Å². The number of carbonyl (C=O) groups is 1. The number of fused-ring (bicyclic) bond motifs is 3. The van der Waals surface area contributed by atoms with E-state index in [0.29, 0.717) is 11.1 Å². The number of nitriles is 2. The first-order chi connectivity index (χ1) is 16.0. The first kappa shape index (κ1) is 21.1. The molecule has 4 nitrogen and oxygen atoms in total. The third-order valence-corrected chi connectivity index (χ3v) is 7.02. The van der Waals surface area contributed by atoms with E-state index in [9.17, 15) is 19.7 Å². The van der Waals surface area contributed by atoms with Crippen molar-refractivity contribution in [1.29, 1.82) is 10.5 Å². The lowest BCUT2D eigenvalue weighted by Crippen LogP contribution is -2.44. The van der Waals surface area contributed by atoms with Crippen LogP contribution in [0.2, 0.25) is 0 Å². The van der Waals surface area contributed by atoms with E-state index < -0.39 is 29.2 Å². The molecule has 3 atom stereocenters. The molecule has 0 spiro atoms. The number of benzene rings is 3. The highest BCUT2D eigenvalue weighted by atomic mass is 79.9. The summed E-state index contributed by atoms with van der Waals surface area (Å²) in [6.45, 7) is 0. The van der Waals surface area contributed by atoms with Gasteiger partial charge in [-0.15, -0.1) is 0 Å². The summed E-state index contributed by atoms with van der Waals surface area (Å²) >= 11 is 3.43. The number of ketones is 1. The van der Waals surface area contributed by atoms with Gasteiger partial charge >= 0.3 is 0 Å². The van der Waals surface area contributed by atoms with Gasteiger partial charge in [-0.05, 0) is 41.5 Å². The predicted molar refractivity (Wildman–Crippen MR) is 127 cm³/mol. The smallest absolute Gasteiger partial charge is 0.186 e. The Kier molecular flexibility index (Phi) is 5.12. The zero-order chi connectivity index (χ0) is 23.2. The molecule has 33 heavy (non-hydrogen) atoms. The van der Waals surface area contributed by atoms with Crippen LogP contribution in [0.1, 0.15) is 27.4 Å². The van der Waals surface area contributed by atoms with Gasteiger partial charge in [0, 0.05) is 21.6 Å². The molecular weight excluding hydrogens is 481 g/mol. The number of nitrogens with zero attached hydrogens (tertiary/aromatic N) is 3. The molecular formula is C27H17BrFN3O. The zero-order valence-electron chi connectivity index (χ0n) is 17.3. The fraction of sp³-hybridized carbons (Fsp3) is 0.148. The minimum atomic E-state index is -1.55. The summed E-state index contributed by atoms with van der Waals surface area (Å²) in [5.74, 6) is -1.41. The summed E-state index contributed by atoms with van der Waals surface area (Å²) in [4.78, 5) is 16.0. The second kappa shape index (κ2) is 7.99. The van der Waals surface area contributed by atoms with Crippen LogP contribution in [0.3, 0.4) is 0 Å². The van der Waals surface area contributed by atoms with E-state index in [0.717, 1.165) is 15.7 Å². The number of hydrogen-bond donors (Lipinski definition) is 0. The Bertz CT molecular complexity index is 1360. The lowest BCUT2D eigenvalue weighted by atomic mass is 9.69. The maximum Gasteiger partial charge on any atom is 0.186 e. The number of halogens is 2. The summed E-state index contributed by atoms with van der Waals surface area (Å²) in [7, 11) is 0. The molecule has 2 aliphatic heterocycles. The molecule has 1 fully saturated rings. The van der Waals surface area contributed by atoms with Crippen molar-refractivity contribution < 1.29 is 9.18 Å². The second-order valence-electron chi connectivity index (χ2n) is 8.21. The normalized spacial score (nSPS) is 22.1. The average Bonchev–Trinajstić information content (AvgIpc) is 3.15. The highest BCUT2D eigenvalue weighted by Crippen LogP contribution is 2.55. The van der Waals surface area contributed by atoms with Crippen molar-refractivity contribution in [2.24, 2.45) is 5.41 Å². The van der Waals surface area contributed by atoms with Gasteiger partial charge in [0.2, 0.25) is 0 Å². The minimum absolute atomic E-state index is 0.201. The van der Waals surface area contributed by atoms with Gasteiger partial charge in [-0.1, -0.05) is 70.5 Å². The summed E-state index contributed by atoms with van der Waals surface area (Å²) < 4.78 is 14.5. The zero-order valence-corrected chi connectivity index (χ0v) is 18.9. The van der Waals surface area contributed by atoms with Crippen molar-refractivity contribution in [2.45, 2.75) is 18.0 Å². The van der Waals surface area contributed by atoms with Gasteiger partial charge in [-0.25, -0.2) is 4.39 Å². The van der Waals surface area contributed by atoms with Crippen LogP contribution in [0.4, 0.5) is 10.1 Å². The first-order valence-corrected chi connectivity index (χ1v) is 11.2. The third-order valence-electron chi connectivity index (χ3n) is 6.52. The molecule has 1 saturated heterocycles. The van der Waals surface area contributed by atoms with Crippen LogP contribution < -0.4 is 4.90 Å². The number of hydrogen-bond acceptors (Lipinski definition) is 4. The SMILES string of the molecule is N#CC1(C#N)C(c2ccc(F)cc2)C(C(=O)c2cccc(Br)c2)N2c3ccccc3C=CC21. The number of rotatable bonds is 3. The highest BCUT2D eigenvalue weighted by Gasteiger charge is 2.63. The van der Waals surface area contributed by atoms with E-state index in [4.69, 9.17) is 0 Å². The van der Waals surface area contributed by atoms with Crippen molar-refractivity contribution in [2.75, 3.05) is 4.90 Å². The van der Waals surface area contributed by atoms with Gasteiger partial charge in [0.05, 0.1) is 18.2 Å². The second-order valence-corrected chi connectivity index (χ2v) is 9.13. The Morgan fingerprint density at radius 3 is 2.42 bits per heavy atom. The Labute approximate surface area is 199 Å². The molecule has 6 heteroatoms. The van der Waals surface area contributed by atoms with Gasteiger partial charge in [0.1, 0.15) is 11.9 Å². The van der Waals surface area contributed by atoms with Crippen molar-refractivity contribution in [3.63, 3.8) is 0 Å². The molecule has 3 aromatic rings. The van der Waals surface area contributed by atoms with Crippen molar-refractivity contribution in [3.8, 4) is 12.1 Å². The molecule has 3 unspecified atom stereocenters.